The molecule has 1 aliphatic rings. The van der Waals surface area contributed by atoms with Crippen molar-refractivity contribution < 1.29 is 9.84 Å². The third-order valence-electron chi connectivity index (χ3n) is 4.19. The van der Waals surface area contributed by atoms with Gasteiger partial charge < -0.3 is 20.1 Å². The Kier molecular flexibility index (Phi) is 6.74. The molecule has 1 saturated heterocycles. The monoisotopic (exact) mass is 272 g/mol. The van der Waals surface area contributed by atoms with E-state index < -0.39 is 0 Å². The van der Waals surface area contributed by atoms with E-state index in [0.29, 0.717) is 18.1 Å². The van der Waals surface area contributed by atoms with Crippen LogP contribution in [-0.4, -0.2) is 60.5 Å². The Morgan fingerprint density at radius 1 is 1.32 bits per heavy atom. The third kappa shape index (κ3) is 5.38. The standard InChI is InChI=1S/C15H32N2O2/c1-12(2)16-15(4,11-18)10-13(3)17(5)14-6-8-19-9-7-14/h12-14,16,18H,6-11H2,1-5H3. The van der Waals surface area contributed by atoms with Crippen LogP contribution in [0.15, 0.2) is 0 Å². The van der Waals surface area contributed by atoms with Gasteiger partial charge in [0.05, 0.1) is 6.61 Å². The smallest absolute Gasteiger partial charge is 0.0611 e. The van der Waals surface area contributed by atoms with Crippen LogP contribution in [0, 0.1) is 0 Å². The number of ether oxygens (including phenoxy) is 1. The van der Waals surface area contributed by atoms with Crippen molar-refractivity contribution in [2.75, 3.05) is 26.9 Å². The lowest BCUT2D eigenvalue weighted by molar-refractivity contribution is 0.0216. The van der Waals surface area contributed by atoms with Crippen molar-refractivity contribution in [2.24, 2.45) is 0 Å². The molecule has 19 heavy (non-hydrogen) atoms. The fourth-order valence-electron chi connectivity index (χ4n) is 3.11. The number of hydrogen-bond donors (Lipinski definition) is 2. The van der Waals surface area contributed by atoms with Gasteiger partial charge in [0, 0.05) is 36.9 Å². The minimum absolute atomic E-state index is 0.178. The molecule has 0 saturated carbocycles. The molecule has 1 fully saturated rings. The van der Waals surface area contributed by atoms with Crippen LogP contribution < -0.4 is 5.32 Å². The first-order valence-corrected chi connectivity index (χ1v) is 7.56. The van der Waals surface area contributed by atoms with Crippen molar-refractivity contribution in [3.63, 3.8) is 0 Å². The van der Waals surface area contributed by atoms with E-state index in [4.69, 9.17) is 4.74 Å². The highest BCUT2D eigenvalue weighted by Crippen LogP contribution is 2.21. The Labute approximate surface area is 118 Å². The van der Waals surface area contributed by atoms with E-state index in [1.54, 1.807) is 0 Å². The summed E-state index contributed by atoms with van der Waals surface area (Å²) in [5.41, 5.74) is -0.201. The van der Waals surface area contributed by atoms with Crippen molar-refractivity contribution in [1.82, 2.24) is 10.2 Å². The SMILES string of the molecule is CC(C)NC(C)(CO)CC(C)N(C)C1CCOCC1. The van der Waals surface area contributed by atoms with Crippen LogP contribution in [-0.2, 0) is 4.74 Å². The van der Waals surface area contributed by atoms with Crippen molar-refractivity contribution in [3.05, 3.63) is 0 Å². The number of rotatable bonds is 7. The molecule has 0 spiro atoms. The molecule has 1 rings (SSSR count). The van der Waals surface area contributed by atoms with Gasteiger partial charge in [-0.2, -0.15) is 0 Å². The van der Waals surface area contributed by atoms with Gasteiger partial charge in [0.2, 0.25) is 0 Å². The molecule has 4 heteroatoms. The summed E-state index contributed by atoms with van der Waals surface area (Å²) in [6.45, 7) is 10.6. The minimum atomic E-state index is -0.201. The van der Waals surface area contributed by atoms with Gasteiger partial charge in [0.15, 0.2) is 0 Å². The van der Waals surface area contributed by atoms with Crippen LogP contribution in [0.25, 0.3) is 0 Å². The zero-order chi connectivity index (χ0) is 14.5. The van der Waals surface area contributed by atoms with Gasteiger partial charge in [-0.15, -0.1) is 0 Å². The summed E-state index contributed by atoms with van der Waals surface area (Å²) in [6, 6.07) is 1.45. The molecule has 0 bridgehead atoms. The molecule has 4 nitrogen and oxygen atoms in total. The molecular formula is C15H32N2O2. The fraction of sp³-hybridized carbons (Fsp3) is 1.00. The largest absolute Gasteiger partial charge is 0.394 e. The van der Waals surface area contributed by atoms with Gasteiger partial charge in [0.25, 0.3) is 0 Å². The Morgan fingerprint density at radius 3 is 2.37 bits per heavy atom. The lowest BCUT2D eigenvalue weighted by Crippen LogP contribution is -2.54. The van der Waals surface area contributed by atoms with Crippen LogP contribution in [0.5, 0.6) is 0 Å². The first-order chi connectivity index (χ1) is 8.88. The molecule has 2 atom stereocenters. The average molecular weight is 272 g/mol. The topological polar surface area (TPSA) is 44.7 Å². The van der Waals surface area contributed by atoms with E-state index >= 15 is 0 Å². The molecule has 2 N–H and O–H groups in total. The van der Waals surface area contributed by atoms with Gasteiger partial charge in [-0.05, 0) is 40.2 Å². The van der Waals surface area contributed by atoms with Crippen molar-refractivity contribution in [2.45, 2.75) is 70.6 Å². The second-order valence-electron chi connectivity index (χ2n) is 6.58. The van der Waals surface area contributed by atoms with Gasteiger partial charge in [-0.1, -0.05) is 13.8 Å². The van der Waals surface area contributed by atoms with Gasteiger partial charge in [0.1, 0.15) is 0 Å². The van der Waals surface area contributed by atoms with Gasteiger partial charge >= 0.3 is 0 Å². The predicted molar refractivity (Wildman–Crippen MR) is 79.4 cm³/mol. The number of aliphatic hydroxyl groups excluding tert-OH is 1. The van der Waals surface area contributed by atoms with E-state index in [2.05, 4.69) is 45.0 Å². The molecule has 0 aromatic carbocycles. The van der Waals surface area contributed by atoms with Gasteiger partial charge in [-0.3, -0.25) is 0 Å². The summed E-state index contributed by atoms with van der Waals surface area (Å²) >= 11 is 0. The zero-order valence-electron chi connectivity index (χ0n) is 13.3. The molecule has 114 valence electrons. The Hall–Kier alpha value is -0.160. The Bertz CT molecular complexity index is 255. The van der Waals surface area contributed by atoms with Crippen molar-refractivity contribution in [1.29, 1.82) is 0 Å². The summed E-state index contributed by atoms with van der Waals surface area (Å²) in [6.07, 6.45) is 3.19. The fourth-order valence-corrected chi connectivity index (χ4v) is 3.11. The Morgan fingerprint density at radius 2 is 1.89 bits per heavy atom. The second-order valence-corrected chi connectivity index (χ2v) is 6.58. The van der Waals surface area contributed by atoms with E-state index in [1.165, 1.54) is 0 Å². The first-order valence-electron chi connectivity index (χ1n) is 7.56. The maximum atomic E-state index is 9.67. The van der Waals surface area contributed by atoms with E-state index in [1.807, 2.05) is 0 Å². The maximum absolute atomic E-state index is 9.67. The molecule has 0 amide bonds. The van der Waals surface area contributed by atoms with Gasteiger partial charge in [-0.25, -0.2) is 0 Å². The normalized spacial score (nSPS) is 22.7. The molecule has 1 heterocycles. The summed E-state index contributed by atoms with van der Waals surface area (Å²) in [5.74, 6) is 0. The summed E-state index contributed by atoms with van der Waals surface area (Å²) in [5, 5.41) is 13.2. The molecule has 0 aliphatic carbocycles. The quantitative estimate of drug-likeness (QED) is 0.739. The van der Waals surface area contributed by atoms with Crippen LogP contribution in [0.4, 0.5) is 0 Å². The third-order valence-corrected chi connectivity index (χ3v) is 4.19. The molecule has 0 aromatic heterocycles. The predicted octanol–water partition coefficient (Wildman–Crippen LogP) is 1.62. The summed E-state index contributed by atoms with van der Waals surface area (Å²) in [4.78, 5) is 2.46. The molecule has 0 aromatic rings. The average Bonchev–Trinajstić information content (AvgIpc) is 2.37. The lowest BCUT2D eigenvalue weighted by atomic mass is 9.91. The van der Waals surface area contributed by atoms with Crippen LogP contribution >= 0.6 is 0 Å². The van der Waals surface area contributed by atoms with E-state index in [-0.39, 0.29) is 12.1 Å². The second kappa shape index (κ2) is 7.58. The lowest BCUT2D eigenvalue weighted by Gasteiger charge is -2.40. The molecule has 0 radical (unpaired) electrons. The first kappa shape index (κ1) is 16.9. The number of aliphatic hydroxyl groups is 1. The Balaban J connectivity index is 2.52. The summed E-state index contributed by atoms with van der Waals surface area (Å²) < 4.78 is 5.43. The van der Waals surface area contributed by atoms with E-state index in [0.717, 1.165) is 32.5 Å². The highest BCUT2D eigenvalue weighted by Gasteiger charge is 2.30. The molecular weight excluding hydrogens is 240 g/mol. The van der Waals surface area contributed by atoms with Crippen LogP contribution in [0.2, 0.25) is 0 Å². The highest BCUT2D eigenvalue weighted by atomic mass is 16.5. The minimum Gasteiger partial charge on any atom is -0.394 e. The number of hydrogen-bond acceptors (Lipinski definition) is 4. The van der Waals surface area contributed by atoms with E-state index in [9.17, 15) is 5.11 Å². The summed E-state index contributed by atoms with van der Waals surface area (Å²) in [7, 11) is 2.20. The van der Waals surface area contributed by atoms with Crippen molar-refractivity contribution in [3.8, 4) is 0 Å². The molecule has 1 aliphatic heterocycles. The van der Waals surface area contributed by atoms with Crippen LogP contribution in [0.3, 0.4) is 0 Å². The number of nitrogens with zero attached hydrogens (tertiary/aromatic N) is 1. The van der Waals surface area contributed by atoms with Crippen molar-refractivity contribution >= 4 is 0 Å². The molecule has 2 unspecified atom stereocenters. The van der Waals surface area contributed by atoms with Crippen LogP contribution in [0.1, 0.15) is 47.0 Å². The zero-order valence-corrected chi connectivity index (χ0v) is 13.3. The number of nitrogens with one attached hydrogen (secondary N) is 1. The maximum Gasteiger partial charge on any atom is 0.0611 e. The highest BCUT2D eigenvalue weighted by molar-refractivity contribution is 4.89.